The normalized spacial score (nSPS) is 12.4. The fourth-order valence-corrected chi connectivity index (χ4v) is 0.973. The third kappa shape index (κ3) is 5.60. The Kier molecular flexibility index (Phi) is 4.08. The fourth-order valence-electron chi connectivity index (χ4n) is 0.973. The van der Waals surface area contributed by atoms with Crippen LogP contribution in [0.3, 0.4) is 0 Å². The summed E-state index contributed by atoms with van der Waals surface area (Å²) < 4.78 is 0. The van der Waals surface area contributed by atoms with E-state index in [1.54, 1.807) is 0 Å². The molecule has 0 fully saturated rings. The lowest BCUT2D eigenvalue weighted by molar-refractivity contribution is 0.434. The molecule has 0 spiro atoms. The molecule has 0 saturated heterocycles. The van der Waals surface area contributed by atoms with E-state index in [-0.39, 0.29) is 0 Å². The quantitative estimate of drug-likeness (QED) is 0.434. The first-order chi connectivity index (χ1) is 4.52. The first kappa shape index (κ1) is 9.47. The van der Waals surface area contributed by atoms with Gasteiger partial charge >= 0.3 is 0 Å². The van der Waals surface area contributed by atoms with E-state index in [4.69, 9.17) is 0 Å². The largest absolute Gasteiger partial charge is 0.303 e. The molecule has 10 heavy (non-hydrogen) atoms. The van der Waals surface area contributed by atoms with Crippen LogP contribution in [0.5, 0.6) is 0 Å². The number of nitrogens with zero attached hydrogens (tertiary/aromatic N) is 2. The molecular formula is C8H18N2. The Morgan fingerprint density at radius 3 is 2.20 bits per heavy atom. The predicted octanol–water partition coefficient (Wildman–Crippen LogP) is 1.97. The standard InChI is InChI=1S/C8H18N2/c1-7(2)6-8(3)9-10(4)5/h7H,6H2,1-5H3/b9-8+. The zero-order valence-corrected chi connectivity index (χ0v) is 7.68. The highest BCUT2D eigenvalue weighted by Gasteiger charge is 1.96. The third-order valence-corrected chi connectivity index (χ3v) is 1.07. The molecule has 0 aromatic heterocycles. The Bertz CT molecular complexity index is 114. The molecule has 2 nitrogen and oxygen atoms in total. The molecule has 0 heterocycles. The average molecular weight is 142 g/mol. The van der Waals surface area contributed by atoms with E-state index in [0.717, 1.165) is 6.42 Å². The van der Waals surface area contributed by atoms with Gasteiger partial charge in [-0.15, -0.1) is 0 Å². The molecule has 0 aliphatic heterocycles. The van der Waals surface area contributed by atoms with Crippen molar-refractivity contribution in [2.24, 2.45) is 11.0 Å². The summed E-state index contributed by atoms with van der Waals surface area (Å²) >= 11 is 0. The lowest BCUT2D eigenvalue weighted by atomic mass is 10.1. The van der Waals surface area contributed by atoms with Gasteiger partial charge in [0.25, 0.3) is 0 Å². The van der Waals surface area contributed by atoms with Crippen molar-refractivity contribution in [3.8, 4) is 0 Å². The van der Waals surface area contributed by atoms with E-state index >= 15 is 0 Å². The zero-order valence-electron chi connectivity index (χ0n) is 7.68. The molecule has 0 aromatic carbocycles. The minimum absolute atomic E-state index is 0.712. The number of hydrogen-bond donors (Lipinski definition) is 0. The Labute approximate surface area is 63.9 Å². The van der Waals surface area contributed by atoms with Gasteiger partial charge in [0.05, 0.1) is 0 Å². The van der Waals surface area contributed by atoms with Gasteiger partial charge in [-0.05, 0) is 19.3 Å². The van der Waals surface area contributed by atoms with Crippen LogP contribution < -0.4 is 0 Å². The van der Waals surface area contributed by atoms with Crippen LogP contribution >= 0.6 is 0 Å². The minimum atomic E-state index is 0.712. The summed E-state index contributed by atoms with van der Waals surface area (Å²) in [6.07, 6.45) is 1.10. The topological polar surface area (TPSA) is 15.6 Å². The Hall–Kier alpha value is -0.530. The van der Waals surface area contributed by atoms with Gasteiger partial charge in [-0.25, -0.2) is 0 Å². The van der Waals surface area contributed by atoms with Gasteiger partial charge < -0.3 is 5.01 Å². The maximum absolute atomic E-state index is 4.27. The third-order valence-electron chi connectivity index (χ3n) is 1.07. The maximum Gasteiger partial charge on any atom is 0.0352 e. The van der Waals surface area contributed by atoms with Crippen LogP contribution in [0.2, 0.25) is 0 Å². The van der Waals surface area contributed by atoms with Crippen LogP contribution in [-0.2, 0) is 0 Å². The average Bonchev–Trinajstić information content (AvgIpc) is 1.58. The van der Waals surface area contributed by atoms with Crippen molar-refractivity contribution in [2.45, 2.75) is 27.2 Å². The molecule has 0 rings (SSSR count). The van der Waals surface area contributed by atoms with Crippen molar-refractivity contribution >= 4 is 5.71 Å². The molecule has 0 unspecified atom stereocenters. The summed E-state index contributed by atoms with van der Waals surface area (Å²) in [5.74, 6) is 0.712. The molecule has 0 radical (unpaired) electrons. The van der Waals surface area contributed by atoms with Crippen LogP contribution in [0.25, 0.3) is 0 Å². The van der Waals surface area contributed by atoms with Crippen molar-refractivity contribution < 1.29 is 0 Å². The smallest absolute Gasteiger partial charge is 0.0352 e. The summed E-state index contributed by atoms with van der Waals surface area (Å²) in [6, 6.07) is 0. The summed E-state index contributed by atoms with van der Waals surface area (Å²) in [7, 11) is 3.90. The molecule has 0 bridgehead atoms. The predicted molar refractivity (Wildman–Crippen MR) is 46.3 cm³/mol. The highest BCUT2D eigenvalue weighted by Crippen LogP contribution is 2.01. The number of rotatable bonds is 3. The van der Waals surface area contributed by atoms with Gasteiger partial charge in [-0.3, -0.25) is 0 Å². The second-order valence-electron chi connectivity index (χ2n) is 3.28. The van der Waals surface area contributed by atoms with E-state index in [1.165, 1.54) is 5.71 Å². The minimum Gasteiger partial charge on any atom is -0.303 e. The lowest BCUT2D eigenvalue weighted by Gasteiger charge is -2.08. The van der Waals surface area contributed by atoms with Crippen molar-refractivity contribution in [3.05, 3.63) is 0 Å². The zero-order chi connectivity index (χ0) is 8.15. The molecule has 2 heteroatoms. The van der Waals surface area contributed by atoms with Gasteiger partial charge in [-0.1, -0.05) is 13.8 Å². The first-order valence-corrected chi connectivity index (χ1v) is 3.73. The molecule has 0 aliphatic carbocycles. The first-order valence-electron chi connectivity index (χ1n) is 3.73. The highest BCUT2D eigenvalue weighted by atomic mass is 15.4. The van der Waals surface area contributed by atoms with Crippen LogP contribution in [0.15, 0.2) is 5.10 Å². The van der Waals surface area contributed by atoms with Crippen LogP contribution in [-0.4, -0.2) is 24.8 Å². The molecular weight excluding hydrogens is 124 g/mol. The van der Waals surface area contributed by atoms with Crippen LogP contribution in [0, 0.1) is 5.92 Å². The highest BCUT2D eigenvalue weighted by molar-refractivity contribution is 5.81. The number of hydrogen-bond acceptors (Lipinski definition) is 2. The van der Waals surface area contributed by atoms with E-state index in [0.29, 0.717) is 5.92 Å². The van der Waals surface area contributed by atoms with Crippen molar-refractivity contribution in [1.29, 1.82) is 0 Å². The molecule has 0 amide bonds. The van der Waals surface area contributed by atoms with Crippen molar-refractivity contribution in [1.82, 2.24) is 5.01 Å². The van der Waals surface area contributed by atoms with Gasteiger partial charge in [0.15, 0.2) is 0 Å². The van der Waals surface area contributed by atoms with Crippen molar-refractivity contribution in [2.75, 3.05) is 14.1 Å². The molecule has 0 N–H and O–H groups in total. The molecule has 0 saturated carbocycles. The maximum atomic E-state index is 4.27. The Balaban J connectivity index is 3.71. The Morgan fingerprint density at radius 1 is 1.40 bits per heavy atom. The van der Waals surface area contributed by atoms with E-state index in [2.05, 4.69) is 25.9 Å². The van der Waals surface area contributed by atoms with Gasteiger partial charge in [-0.2, -0.15) is 5.10 Å². The summed E-state index contributed by atoms with van der Waals surface area (Å²) in [5.41, 5.74) is 1.21. The van der Waals surface area contributed by atoms with Crippen LogP contribution in [0.1, 0.15) is 27.2 Å². The van der Waals surface area contributed by atoms with Gasteiger partial charge in [0.2, 0.25) is 0 Å². The van der Waals surface area contributed by atoms with E-state index < -0.39 is 0 Å². The second kappa shape index (κ2) is 4.31. The fraction of sp³-hybridized carbons (Fsp3) is 0.875. The summed E-state index contributed by atoms with van der Waals surface area (Å²) in [5, 5.41) is 6.11. The Morgan fingerprint density at radius 2 is 1.90 bits per heavy atom. The van der Waals surface area contributed by atoms with E-state index in [1.807, 2.05) is 19.1 Å². The monoisotopic (exact) mass is 142 g/mol. The van der Waals surface area contributed by atoms with Crippen LogP contribution in [0.4, 0.5) is 0 Å². The molecule has 0 aromatic rings. The summed E-state index contributed by atoms with van der Waals surface area (Å²) in [6.45, 7) is 6.48. The lowest BCUT2D eigenvalue weighted by Crippen LogP contribution is -2.08. The van der Waals surface area contributed by atoms with Gasteiger partial charge in [0, 0.05) is 19.8 Å². The van der Waals surface area contributed by atoms with Gasteiger partial charge in [0.1, 0.15) is 0 Å². The van der Waals surface area contributed by atoms with E-state index in [9.17, 15) is 0 Å². The molecule has 0 atom stereocenters. The van der Waals surface area contributed by atoms with Crippen molar-refractivity contribution in [3.63, 3.8) is 0 Å². The second-order valence-corrected chi connectivity index (χ2v) is 3.28. The SMILES string of the molecule is C/C(CC(C)C)=N\N(C)C. The molecule has 60 valence electrons. The summed E-state index contributed by atoms with van der Waals surface area (Å²) in [4.78, 5) is 0. The molecule has 0 aliphatic rings. The number of hydrazone groups is 1.